The second-order valence-corrected chi connectivity index (χ2v) is 5.09. The molecule has 0 amide bonds. The SMILES string of the molecule is CC1CCCC(NCCn2cc(C(=O)O)nn2)C1. The maximum absolute atomic E-state index is 10.6. The van der Waals surface area contributed by atoms with Gasteiger partial charge in [0.2, 0.25) is 0 Å². The molecule has 0 bridgehead atoms. The summed E-state index contributed by atoms with van der Waals surface area (Å²) in [7, 11) is 0. The van der Waals surface area contributed by atoms with E-state index in [1.54, 1.807) is 4.68 Å². The first-order valence-electron chi connectivity index (χ1n) is 6.52. The lowest BCUT2D eigenvalue weighted by molar-refractivity contribution is 0.0690. The summed E-state index contributed by atoms with van der Waals surface area (Å²) in [6.07, 6.45) is 6.57. The van der Waals surface area contributed by atoms with Crippen LogP contribution in [-0.2, 0) is 6.54 Å². The Bertz CT molecular complexity index is 405. The van der Waals surface area contributed by atoms with Crippen LogP contribution in [0.4, 0.5) is 0 Å². The summed E-state index contributed by atoms with van der Waals surface area (Å²) in [5.41, 5.74) is 0.00119. The predicted octanol–water partition coefficient (Wildman–Crippen LogP) is 1.14. The number of carboxylic acids is 1. The maximum atomic E-state index is 10.6. The molecule has 1 fully saturated rings. The normalized spacial score (nSPS) is 24.1. The molecular weight excluding hydrogens is 232 g/mol. The molecule has 1 aliphatic rings. The minimum absolute atomic E-state index is 0.00119. The van der Waals surface area contributed by atoms with Gasteiger partial charge in [0, 0.05) is 12.6 Å². The second-order valence-electron chi connectivity index (χ2n) is 5.09. The van der Waals surface area contributed by atoms with Crippen molar-refractivity contribution in [1.29, 1.82) is 0 Å². The molecule has 1 heterocycles. The fraction of sp³-hybridized carbons (Fsp3) is 0.750. The van der Waals surface area contributed by atoms with Gasteiger partial charge >= 0.3 is 5.97 Å². The highest BCUT2D eigenvalue weighted by Crippen LogP contribution is 2.23. The minimum Gasteiger partial charge on any atom is -0.476 e. The van der Waals surface area contributed by atoms with Crippen LogP contribution in [0, 0.1) is 5.92 Å². The van der Waals surface area contributed by atoms with Crippen molar-refractivity contribution in [3.05, 3.63) is 11.9 Å². The van der Waals surface area contributed by atoms with Crippen molar-refractivity contribution >= 4 is 5.97 Å². The smallest absolute Gasteiger partial charge is 0.358 e. The molecule has 0 aliphatic heterocycles. The molecule has 1 aromatic rings. The van der Waals surface area contributed by atoms with Gasteiger partial charge in [0.15, 0.2) is 5.69 Å². The van der Waals surface area contributed by atoms with E-state index in [0.29, 0.717) is 12.6 Å². The third-order valence-electron chi connectivity index (χ3n) is 3.47. The first-order valence-corrected chi connectivity index (χ1v) is 6.52. The molecule has 1 aromatic heterocycles. The summed E-state index contributed by atoms with van der Waals surface area (Å²) in [5.74, 6) is -0.225. The molecule has 0 aromatic carbocycles. The van der Waals surface area contributed by atoms with Gasteiger partial charge in [-0.3, -0.25) is 4.68 Å². The van der Waals surface area contributed by atoms with Crippen molar-refractivity contribution in [2.75, 3.05) is 6.54 Å². The van der Waals surface area contributed by atoms with E-state index in [-0.39, 0.29) is 5.69 Å². The van der Waals surface area contributed by atoms with E-state index < -0.39 is 5.97 Å². The van der Waals surface area contributed by atoms with Crippen LogP contribution in [0.2, 0.25) is 0 Å². The first kappa shape index (κ1) is 13.0. The van der Waals surface area contributed by atoms with Crippen LogP contribution in [-0.4, -0.2) is 38.7 Å². The van der Waals surface area contributed by atoms with Gasteiger partial charge in [0.1, 0.15) is 0 Å². The minimum atomic E-state index is -1.03. The monoisotopic (exact) mass is 252 g/mol. The van der Waals surface area contributed by atoms with Gasteiger partial charge in [-0.2, -0.15) is 0 Å². The molecule has 100 valence electrons. The Kier molecular flexibility index (Phi) is 4.30. The van der Waals surface area contributed by atoms with E-state index in [9.17, 15) is 4.79 Å². The van der Waals surface area contributed by atoms with Crippen molar-refractivity contribution in [2.45, 2.75) is 45.2 Å². The molecular formula is C12H20N4O2. The Hall–Kier alpha value is -1.43. The van der Waals surface area contributed by atoms with Crippen LogP contribution in [0.1, 0.15) is 43.1 Å². The molecule has 1 saturated carbocycles. The molecule has 18 heavy (non-hydrogen) atoms. The third-order valence-corrected chi connectivity index (χ3v) is 3.47. The van der Waals surface area contributed by atoms with E-state index in [1.807, 2.05) is 0 Å². The summed E-state index contributed by atoms with van der Waals surface area (Å²) in [6, 6.07) is 0.594. The van der Waals surface area contributed by atoms with Gasteiger partial charge in [0.05, 0.1) is 12.7 Å². The lowest BCUT2D eigenvalue weighted by Crippen LogP contribution is -2.35. The maximum Gasteiger partial charge on any atom is 0.358 e. The van der Waals surface area contributed by atoms with Crippen molar-refractivity contribution in [3.8, 4) is 0 Å². The lowest BCUT2D eigenvalue weighted by Gasteiger charge is -2.27. The fourth-order valence-electron chi connectivity index (χ4n) is 2.51. The molecule has 0 saturated heterocycles. The number of nitrogens with one attached hydrogen (secondary N) is 1. The zero-order chi connectivity index (χ0) is 13.0. The molecule has 6 heteroatoms. The summed E-state index contributed by atoms with van der Waals surface area (Å²) in [5, 5.41) is 19.6. The van der Waals surface area contributed by atoms with Gasteiger partial charge in [-0.05, 0) is 18.8 Å². The van der Waals surface area contributed by atoms with Crippen molar-refractivity contribution in [2.24, 2.45) is 5.92 Å². The second kappa shape index (κ2) is 5.95. The highest BCUT2D eigenvalue weighted by atomic mass is 16.4. The van der Waals surface area contributed by atoms with Gasteiger partial charge in [-0.1, -0.05) is 25.0 Å². The average molecular weight is 252 g/mol. The van der Waals surface area contributed by atoms with Crippen LogP contribution in [0.3, 0.4) is 0 Å². The van der Waals surface area contributed by atoms with E-state index in [0.717, 1.165) is 12.5 Å². The number of nitrogens with zero attached hydrogens (tertiary/aromatic N) is 3. The van der Waals surface area contributed by atoms with Crippen LogP contribution in [0.5, 0.6) is 0 Å². The molecule has 2 atom stereocenters. The Balaban J connectivity index is 1.72. The number of aromatic nitrogens is 3. The molecule has 1 aliphatic carbocycles. The van der Waals surface area contributed by atoms with Crippen LogP contribution in [0.15, 0.2) is 6.20 Å². The lowest BCUT2D eigenvalue weighted by atomic mass is 9.87. The summed E-state index contributed by atoms with van der Waals surface area (Å²) in [6.45, 7) is 3.76. The quantitative estimate of drug-likeness (QED) is 0.821. The Morgan fingerprint density at radius 3 is 3.11 bits per heavy atom. The summed E-state index contributed by atoms with van der Waals surface area (Å²) in [4.78, 5) is 10.6. The number of carboxylic acid groups (broad SMARTS) is 1. The Labute approximate surface area is 106 Å². The standard InChI is InChI=1S/C12H20N4O2/c1-9-3-2-4-10(7-9)13-5-6-16-8-11(12(17)18)14-15-16/h8-10,13H,2-7H2,1H3,(H,17,18). The largest absolute Gasteiger partial charge is 0.476 e. The number of hydrogen-bond acceptors (Lipinski definition) is 4. The van der Waals surface area contributed by atoms with Crippen molar-refractivity contribution in [3.63, 3.8) is 0 Å². The van der Waals surface area contributed by atoms with Crippen LogP contribution in [0.25, 0.3) is 0 Å². The van der Waals surface area contributed by atoms with E-state index in [1.165, 1.54) is 31.9 Å². The Morgan fingerprint density at radius 2 is 2.44 bits per heavy atom. The zero-order valence-electron chi connectivity index (χ0n) is 10.7. The predicted molar refractivity (Wildman–Crippen MR) is 66.4 cm³/mol. The van der Waals surface area contributed by atoms with Gasteiger partial charge in [-0.15, -0.1) is 5.10 Å². The Morgan fingerprint density at radius 1 is 1.61 bits per heavy atom. The van der Waals surface area contributed by atoms with Gasteiger partial charge in [-0.25, -0.2) is 4.79 Å². The summed E-state index contributed by atoms with van der Waals surface area (Å²) < 4.78 is 1.57. The molecule has 2 N–H and O–H groups in total. The molecule has 0 radical (unpaired) electrons. The highest BCUT2D eigenvalue weighted by Gasteiger charge is 2.17. The molecule has 2 rings (SSSR count). The topological polar surface area (TPSA) is 80.0 Å². The number of rotatable bonds is 5. The van der Waals surface area contributed by atoms with Crippen LogP contribution >= 0.6 is 0 Å². The number of aromatic carboxylic acids is 1. The van der Waals surface area contributed by atoms with E-state index in [4.69, 9.17) is 5.11 Å². The number of hydrogen-bond donors (Lipinski definition) is 2. The van der Waals surface area contributed by atoms with Gasteiger partial charge in [0.25, 0.3) is 0 Å². The highest BCUT2D eigenvalue weighted by molar-refractivity contribution is 5.84. The zero-order valence-corrected chi connectivity index (χ0v) is 10.7. The van der Waals surface area contributed by atoms with E-state index >= 15 is 0 Å². The van der Waals surface area contributed by atoms with Gasteiger partial charge < -0.3 is 10.4 Å². The first-order chi connectivity index (χ1) is 8.65. The van der Waals surface area contributed by atoms with Crippen molar-refractivity contribution in [1.82, 2.24) is 20.3 Å². The average Bonchev–Trinajstić information content (AvgIpc) is 2.78. The van der Waals surface area contributed by atoms with Crippen molar-refractivity contribution < 1.29 is 9.90 Å². The van der Waals surface area contributed by atoms with E-state index in [2.05, 4.69) is 22.6 Å². The number of carbonyl (C=O) groups is 1. The van der Waals surface area contributed by atoms with Crippen LogP contribution < -0.4 is 5.32 Å². The fourth-order valence-corrected chi connectivity index (χ4v) is 2.51. The third kappa shape index (κ3) is 3.53. The summed E-state index contributed by atoms with van der Waals surface area (Å²) >= 11 is 0. The molecule has 2 unspecified atom stereocenters. The molecule has 0 spiro atoms. The molecule has 6 nitrogen and oxygen atoms in total.